The van der Waals surface area contributed by atoms with E-state index in [4.69, 9.17) is 0 Å². The monoisotopic (exact) mass is 177 g/mol. The maximum Gasteiger partial charge on any atom is 0.0237 e. The van der Waals surface area contributed by atoms with Crippen LogP contribution in [0.3, 0.4) is 0 Å². The van der Waals surface area contributed by atoms with E-state index in [0.29, 0.717) is 0 Å². The maximum absolute atomic E-state index is 2.34. The minimum atomic E-state index is 1.09. The van der Waals surface area contributed by atoms with E-state index in [1.807, 2.05) is 0 Å². The summed E-state index contributed by atoms with van der Waals surface area (Å²) in [4.78, 5) is 2.34. The lowest BCUT2D eigenvalue weighted by Gasteiger charge is -2.04. The quantitative estimate of drug-likeness (QED) is 0.640. The standard InChI is InChI=1S/C12H19N/c1-4-6-8-12-10-13(3)9-11(12)7-5-2/h5-8H,4,9-10H2,1-3H3/b7-5-,8-6-. The molecular formula is C12H19N. The molecule has 0 aliphatic carbocycles. The first kappa shape index (κ1) is 10.3. The van der Waals surface area contributed by atoms with Crippen molar-refractivity contribution in [2.24, 2.45) is 0 Å². The molecule has 1 heteroatoms. The Balaban J connectivity index is 2.75. The van der Waals surface area contributed by atoms with Gasteiger partial charge in [-0.05, 0) is 31.5 Å². The number of rotatable bonds is 3. The molecule has 1 aliphatic rings. The second kappa shape index (κ2) is 5.03. The molecule has 1 aliphatic heterocycles. The predicted molar refractivity (Wildman–Crippen MR) is 58.8 cm³/mol. The summed E-state index contributed by atoms with van der Waals surface area (Å²) in [6.07, 6.45) is 9.96. The molecule has 0 saturated carbocycles. The molecular weight excluding hydrogens is 158 g/mol. The molecule has 0 bridgehead atoms. The van der Waals surface area contributed by atoms with Crippen molar-refractivity contribution in [1.29, 1.82) is 0 Å². The summed E-state index contributed by atoms with van der Waals surface area (Å²) in [5.41, 5.74) is 2.94. The van der Waals surface area contributed by atoms with Gasteiger partial charge in [0, 0.05) is 13.1 Å². The van der Waals surface area contributed by atoms with E-state index in [0.717, 1.165) is 19.5 Å². The molecule has 0 fully saturated rings. The molecule has 13 heavy (non-hydrogen) atoms. The first-order valence-electron chi connectivity index (χ1n) is 4.97. The second-order valence-electron chi connectivity index (χ2n) is 3.53. The third-order valence-electron chi connectivity index (χ3n) is 2.22. The molecule has 0 aromatic rings. The van der Waals surface area contributed by atoms with Gasteiger partial charge < -0.3 is 0 Å². The van der Waals surface area contributed by atoms with Gasteiger partial charge in [-0.1, -0.05) is 31.2 Å². The van der Waals surface area contributed by atoms with Gasteiger partial charge in [-0.2, -0.15) is 0 Å². The van der Waals surface area contributed by atoms with E-state index in [2.05, 4.69) is 50.1 Å². The summed E-state index contributed by atoms with van der Waals surface area (Å²) in [6.45, 7) is 6.43. The van der Waals surface area contributed by atoms with Gasteiger partial charge >= 0.3 is 0 Å². The molecule has 0 aromatic carbocycles. The lowest BCUT2D eigenvalue weighted by atomic mass is 10.1. The Hall–Kier alpha value is -0.820. The van der Waals surface area contributed by atoms with Crippen molar-refractivity contribution in [2.45, 2.75) is 20.3 Å². The van der Waals surface area contributed by atoms with E-state index in [9.17, 15) is 0 Å². The van der Waals surface area contributed by atoms with Crippen LogP contribution in [0.1, 0.15) is 20.3 Å². The Bertz CT molecular complexity index is 246. The van der Waals surface area contributed by atoms with Crippen LogP contribution < -0.4 is 0 Å². The van der Waals surface area contributed by atoms with Crippen LogP contribution in [0.5, 0.6) is 0 Å². The number of hydrogen-bond acceptors (Lipinski definition) is 1. The molecule has 1 rings (SSSR count). The van der Waals surface area contributed by atoms with Crippen molar-refractivity contribution in [2.75, 3.05) is 20.1 Å². The highest BCUT2D eigenvalue weighted by atomic mass is 15.1. The molecule has 72 valence electrons. The topological polar surface area (TPSA) is 3.24 Å². The highest BCUT2D eigenvalue weighted by molar-refractivity contribution is 5.38. The second-order valence-corrected chi connectivity index (χ2v) is 3.53. The third-order valence-corrected chi connectivity index (χ3v) is 2.22. The molecule has 0 aromatic heterocycles. The fraction of sp³-hybridized carbons (Fsp3) is 0.500. The highest BCUT2D eigenvalue weighted by Gasteiger charge is 2.13. The zero-order valence-corrected chi connectivity index (χ0v) is 8.88. The number of nitrogens with zero attached hydrogens (tertiary/aromatic N) is 1. The Morgan fingerprint density at radius 2 is 1.85 bits per heavy atom. The first-order valence-corrected chi connectivity index (χ1v) is 4.97. The smallest absolute Gasteiger partial charge is 0.0237 e. The summed E-state index contributed by atoms with van der Waals surface area (Å²) in [5, 5.41) is 0. The van der Waals surface area contributed by atoms with Crippen molar-refractivity contribution < 1.29 is 0 Å². The largest absolute Gasteiger partial charge is 0.298 e. The fourth-order valence-corrected chi connectivity index (χ4v) is 1.62. The zero-order valence-electron chi connectivity index (χ0n) is 8.88. The molecule has 0 atom stereocenters. The van der Waals surface area contributed by atoms with Crippen LogP contribution in [-0.2, 0) is 0 Å². The lowest BCUT2D eigenvalue weighted by Crippen LogP contribution is -2.14. The van der Waals surface area contributed by atoms with Gasteiger partial charge in [0.2, 0.25) is 0 Å². The van der Waals surface area contributed by atoms with Crippen LogP contribution in [0.15, 0.2) is 35.5 Å². The summed E-state index contributed by atoms with van der Waals surface area (Å²) in [7, 11) is 2.16. The van der Waals surface area contributed by atoms with E-state index in [1.54, 1.807) is 0 Å². The van der Waals surface area contributed by atoms with Crippen LogP contribution in [0.25, 0.3) is 0 Å². The summed E-state index contributed by atoms with van der Waals surface area (Å²) in [6, 6.07) is 0. The van der Waals surface area contributed by atoms with Crippen LogP contribution in [0.2, 0.25) is 0 Å². The Morgan fingerprint density at radius 3 is 2.38 bits per heavy atom. The van der Waals surface area contributed by atoms with Gasteiger partial charge in [0.1, 0.15) is 0 Å². The minimum Gasteiger partial charge on any atom is -0.298 e. The normalized spacial score (nSPS) is 19.9. The first-order chi connectivity index (χ1) is 6.27. The van der Waals surface area contributed by atoms with Gasteiger partial charge in [-0.3, -0.25) is 4.90 Å². The van der Waals surface area contributed by atoms with Gasteiger partial charge in [0.25, 0.3) is 0 Å². The predicted octanol–water partition coefficient (Wildman–Crippen LogP) is 2.77. The van der Waals surface area contributed by atoms with Crippen molar-refractivity contribution in [3.05, 3.63) is 35.5 Å². The lowest BCUT2D eigenvalue weighted by molar-refractivity contribution is 0.428. The third kappa shape index (κ3) is 2.85. The van der Waals surface area contributed by atoms with Gasteiger partial charge in [0.05, 0.1) is 0 Å². The number of likely N-dealkylation sites (N-methyl/N-ethyl adjacent to an activating group) is 1. The van der Waals surface area contributed by atoms with E-state index < -0.39 is 0 Å². The highest BCUT2D eigenvalue weighted by Crippen LogP contribution is 2.18. The van der Waals surface area contributed by atoms with Crippen LogP contribution in [-0.4, -0.2) is 25.0 Å². The van der Waals surface area contributed by atoms with Crippen molar-refractivity contribution in [1.82, 2.24) is 4.90 Å². The molecule has 0 radical (unpaired) electrons. The van der Waals surface area contributed by atoms with Crippen molar-refractivity contribution in [3.8, 4) is 0 Å². The average molecular weight is 177 g/mol. The summed E-state index contributed by atoms with van der Waals surface area (Å²) in [5.74, 6) is 0. The van der Waals surface area contributed by atoms with Crippen LogP contribution in [0.4, 0.5) is 0 Å². The summed E-state index contributed by atoms with van der Waals surface area (Å²) >= 11 is 0. The number of hydrogen-bond donors (Lipinski definition) is 0. The molecule has 0 saturated heterocycles. The SMILES string of the molecule is C/C=C\C1=C(/C=C\CC)CN(C)C1. The van der Waals surface area contributed by atoms with Crippen molar-refractivity contribution in [3.63, 3.8) is 0 Å². The Labute approximate surface area is 81.4 Å². The molecule has 1 nitrogen and oxygen atoms in total. The molecule has 0 N–H and O–H groups in total. The van der Waals surface area contributed by atoms with Gasteiger partial charge in [0.15, 0.2) is 0 Å². The molecule has 1 heterocycles. The van der Waals surface area contributed by atoms with E-state index in [-0.39, 0.29) is 0 Å². The minimum absolute atomic E-state index is 1.09. The molecule has 0 amide bonds. The van der Waals surface area contributed by atoms with Gasteiger partial charge in [-0.25, -0.2) is 0 Å². The zero-order chi connectivity index (χ0) is 9.68. The van der Waals surface area contributed by atoms with Crippen molar-refractivity contribution >= 4 is 0 Å². The van der Waals surface area contributed by atoms with E-state index >= 15 is 0 Å². The van der Waals surface area contributed by atoms with E-state index in [1.165, 1.54) is 11.1 Å². The maximum atomic E-state index is 2.34. The average Bonchev–Trinajstić information content (AvgIpc) is 2.44. The van der Waals surface area contributed by atoms with Crippen LogP contribution >= 0.6 is 0 Å². The number of allylic oxidation sites excluding steroid dienone is 2. The summed E-state index contributed by atoms with van der Waals surface area (Å²) < 4.78 is 0. The fourth-order valence-electron chi connectivity index (χ4n) is 1.62. The van der Waals surface area contributed by atoms with Crippen LogP contribution in [0, 0.1) is 0 Å². The molecule has 0 spiro atoms. The Morgan fingerprint density at radius 1 is 1.23 bits per heavy atom. The molecule has 0 unspecified atom stereocenters. The van der Waals surface area contributed by atoms with Gasteiger partial charge in [-0.15, -0.1) is 0 Å². The Kier molecular flexibility index (Phi) is 3.97.